The summed E-state index contributed by atoms with van der Waals surface area (Å²) in [5, 5.41) is 7.94. The zero-order valence-electron chi connectivity index (χ0n) is 10.5. The fraction of sp³-hybridized carbons (Fsp3) is 0.308. The van der Waals surface area contributed by atoms with Gasteiger partial charge >= 0.3 is 0 Å². The van der Waals surface area contributed by atoms with Crippen LogP contribution in [-0.4, -0.2) is 28.1 Å². The van der Waals surface area contributed by atoms with Gasteiger partial charge in [-0.1, -0.05) is 18.6 Å². The quantitative estimate of drug-likeness (QED) is 0.783. The summed E-state index contributed by atoms with van der Waals surface area (Å²) in [6.07, 6.45) is 2.40. The van der Waals surface area contributed by atoms with Crippen LogP contribution in [0.2, 0.25) is 0 Å². The number of carbonyl (C=O) groups excluding carboxylic acids is 1. The second-order valence-corrected chi connectivity index (χ2v) is 4.24. The number of carbonyl (C=O) groups is 1. The first-order chi connectivity index (χ1) is 9.33. The molecule has 0 atom stereocenters. The molecule has 1 aliphatic rings. The van der Waals surface area contributed by atoms with Gasteiger partial charge in [-0.25, -0.2) is 4.68 Å². The van der Waals surface area contributed by atoms with E-state index < -0.39 is 0 Å². The van der Waals surface area contributed by atoms with E-state index >= 15 is 0 Å². The van der Waals surface area contributed by atoms with Crippen molar-refractivity contribution in [3.8, 4) is 17.2 Å². The van der Waals surface area contributed by atoms with E-state index in [0.29, 0.717) is 11.4 Å². The maximum Gasteiger partial charge on any atom is 0.231 e. The van der Waals surface area contributed by atoms with E-state index in [1.807, 2.05) is 25.1 Å². The number of hydrogen-bond acceptors (Lipinski definition) is 5. The summed E-state index contributed by atoms with van der Waals surface area (Å²) in [5.74, 6) is 1.40. The third-order valence-electron chi connectivity index (χ3n) is 2.99. The zero-order valence-corrected chi connectivity index (χ0v) is 10.5. The Balaban J connectivity index is 2.06. The third kappa shape index (κ3) is 1.95. The highest BCUT2D eigenvalue weighted by Crippen LogP contribution is 2.33. The first-order valence-electron chi connectivity index (χ1n) is 6.13. The number of aldehydes is 1. The van der Waals surface area contributed by atoms with Crippen LogP contribution < -0.4 is 9.47 Å². The number of aromatic nitrogens is 3. The van der Waals surface area contributed by atoms with E-state index in [0.717, 1.165) is 36.3 Å². The number of ether oxygens (including phenoxy) is 2. The maximum atomic E-state index is 11.0. The Morgan fingerprint density at radius 1 is 1.37 bits per heavy atom. The smallest absolute Gasteiger partial charge is 0.231 e. The van der Waals surface area contributed by atoms with E-state index in [2.05, 4.69) is 10.3 Å². The average molecular weight is 259 g/mol. The molecule has 6 heteroatoms. The van der Waals surface area contributed by atoms with Crippen molar-refractivity contribution in [3.05, 3.63) is 29.6 Å². The highest BCUT2D eigenvalue weighted by atomic mass is 16.7. The normalized spacial score (nSPS) is 12.7. The van der Waals surface area contributed by atoms with Crippen molar-refractivity contribution in [2.45, 2.75) is 19.8 Å². The minimum Gasteiger partial charge on any atom is -0.454 e. The molecule has 2 aromatic rings. The molecule has 1 aromatic carbocycles. The molecule has 0 aliphatic carbocycles. The molecular formula is C13H13N3O3. The number of benzene rings is 1. The lowest BCUT2D eigenvalue weighted by Crippen LogP contribution is -2.03. The Labute approximate surface area is 109 Å². The van der Waals surface area contributed by atoms with Gasteiger partial charge in [0, 0.05) is 6.07 Å². The lowest BCUT2D eigenvalue weighted by Gasteiger charge is -2.06. The molecule has 0 spiro atoms. The van der Waals surface area contributed by atoms with Gasteiger partial charge in [-0.05, 0) is 18.6 Å². The minimum atomic E-state index is 0.234. The van der Waals surface area contributed by atoms with Crippen LogP contribution in [-0.2, 0) is 6.42 Å². The van der Waals surface area contributed by atoms with Gasteiger partial charge in [0.25, 0.3) is 0 Å². The number of rotatable bonds is 4. The van der Waals surface area contributed by atoms with Gasteiger partial charge in [-0.2, -0.15) is 0 Å². The Kier molecular flexibility index (Phi) is 2.91. The Bertz CT molecular complexity index is 622. The predicted molar refractivity (Wildman–Crippen MR) is 66.9 cm³/mol. The number of hydrogen-bond donors (Lipinski definition) is 0. The summed E-state index contributed by atoms with van der Waals surface area (Å²) in [4.78, 5) is 11.0. The number of nitrogens with zero attached hydrogens (tertiary/aromatic N) is 3. The Morgan fingerprint density at radius 2 is 2.21 bits per heavy atom. The van der Waals surface area contributed by atoms with Crippen molar-refractivity contribution >= 4 is 6.29 Å². The molecule has 0 amide bonds. The molecule has 98 valence electrons. The van der Waals surface area contributed by atoms with Crippen molar-refractivity contribution in [1.29, 1.82) is 0 Å². The summed E-state index contributed by atoms with van der Waals surface area (Å²) in [6, 6.07) is 5.54. The lowest BCUT2D eigenvalue weighted by molar-refractivity contribution is 0.111. The van der Waals surface area contributed by atoms with Gasteiger partial charge in [-0.15, -0.1) is 5.10 Å². The minimum absolute atomic E-state index is 0.234. The van der Waals surface area contributed by atoms with Crippen molar-refractivity contribution in [2.24, 2.45) is 0 Å². The van der Waals surface area contributed by atoms with Crippen molar-refractivity contribution in [3.63, 3.8) is 0 Å². The van der Waals surface area contributed by atoms with Gasteiger partial charge in [0.15, 0.2) is 17.8 Å². The standard InChI is InChI=1S/C13H13N3O3/c1-2-3-11-10(7-17)14-15-16(11)9-4-5-12-13(6-9)19-8-18-12/h4-7H,2-3,8H2,1H3. The molecule has 0 fully saturated rings. The van der Waals surface area contributed by atoms with Gasteiger partial charge < -0.3 is 9.47 Å². The first kappa shape index (κ1) is 11.7. The molecule has 3 rings (SSSR count). The molecule has 0 N–H and O–H groups in total. The van der Waals surface area contributed by atoms with Crippen molar-refractivity contribution in [2.75, 3.05) is 6.79 Å². The first-order valence-corrected chi connectivity index (χ1v) is 6.13. The van der Waals surface area contributed by atoms with E-state index in [-0.39, 0.29) is 6.79 Å². The van der Waals surface area contributed by atoms with Gasteiger partial charge in [0.05, 0.1) is 11.4 Å². The largest absolute Gasteiger partial charge is 0.454 e. The molecule has 0 saturated heterocycles. The van der Waals surface area contributed by atoms with Gasteiger partial charge in [-0.3, -0.25) is 4.79 Å². The van der Waals surface area contributed by atoms with Gasteiger partial charge in [0.2, 0.25) is 6.79 Å². The van der Waals surface area contributed by atoms with Crippen LogP contribution in [0.5, 0.6) is 11.5 Å². The fourth-order valence-corrected chi connectivity index (χ4v) is 2.10. The predicted octanol–water partition coefficient (Wildman–Crippen LogP) is 1.76. The summed E-state index contributed by atoms with van der Waals surface area (Å²) >= 11 is 0. The van der Waals surface area contributed by atoms with Crippen LogP contribution in [0.4, 0.5) is 0 Å². The molecule has 1 aromatic heterocycles. The summed E-state index contributed by atoms with van der Waals surface area (Å²) in [6.45, 7) is 2.28. The molecule has 1 aliphatic heterocycles. The van der Waals surface area contributed by atoms with Crippen LogP contribution in [0.25, 0.3) is 5.69 Å². The zero-order chi connectivity index (χ0) is 13.2. The molecular weight excluding hydrogens is 246 g/mol. The van der Waals surface area contributed by atoms with Gasteiger partial charge in [0.1, 0.15) is 5.69 Å². The topological polar surface area (TPSA) is 66.2 Å². The van der Waals surface area contributed by atoms with E-state index in [1.54, 1.807) is 4.68 Å². The summed E-state index contributed by atoms with van der Waals surface area (Å²) < 4.78 is 12.3. The van der Waals surface area contributed by atoms with Crippen molar-refractivity contribution < 1.29 is 14.3 Å². The maximum absolute atomic E-state index is 11.0. The molecule has 2 heterocycles. The van der Waals surface area contributed by atoms with Crippen LogP contribution >= 0.6 is 0 Å². The second kappa shape index (κ2) is 4.72. The number of fused-ring (bicyclic) bond motifs is 1. The SMILES string of the molecule is CCCc1c(C=O)nnn1-c1ccc2c(c1)OCO2. The molecule has 0 bridgehead atoms. The van der Waals surface area contributed by atoms with E-state index in [1.165, 1.54) is 0 Å². The molecule has 0 radical (unpaired) electrons. The fourth-order valence-electron chi connectivity index (χ4n) is 2.10. The van der Waals surface area contributed by atoms with Crippen LogP contribution in [0, 0.1) is 0 Å². The van der Waals surface area contributed by atoms with E-state index in [4.69, 9.17) is 9.47 Å². The van der Waals surface area contributed by atoms with E-state index in [9.17, 15) is 4.79 Å². The average Bonchev–Trinajstić information content (AvgIpc) is 3.04. The highest BCUT2D eigenvalue weighted by molar-refractivity contribution is 5.73. The molecule has 0 unspecified atom stereocenters. The summed E-state index contributed by atoms with van der Waals surface area (Å²) in [7, 11) is 0. The monoisotopic (exact) mass is 259 g/mol. The Hall–Kier alpha value is -2.37. The highest BCUT2D eigenvalue weighted by Gasteiger charge is 2.17. The van der Waals surface area contributed by atoms with Crippen molar-refractivity contribution in [1.82, 2.24) is 15.0 Å². The summed E-state index contributed by atoms with van der Waals surface area (Å²) in [5.41, 5.74) is 2.02. The lowest BCUT2D eigenvalue weighted by atomic mass is 10.2. The molecule has 6 nitrogen and oxygen atoms in total. The van der Waals surface area contributed by atoms with Crippen LogP contribution in [0.15, 0.2) is 18.2 Å². The molecule has 19 heavy (non-hydrogen) atoms. The second-order valence-electron chi connectivity index (χ2n) is 4.24. The molecule has 0 saturated carbocycles. The van der Waals surface area contributed by atoms with Crippen LogP contribution in [0.3, 0.4) is 0 Å². The third-order valence-corrected chi connectivity index (χ3v) is 2.99. The Morgan fingerprint density at radius 3 is 3.00 bits per heavy atom. The van der Waals surface area contributed by atoms with Crippen LogP contribution in [0.1, 0.15) is 29.5 Å².